The Bertz CT molecular complexity index is 149. The van der Waals surface area contributed by atoms with Crippen LogP contribution in [0.3, 0.4) is 0 Å². The van der Waals surface area contributed by atoms with Crippen molar-refractivity contribution in [2.75, 3.05) is 39.4 Å². The molecule has 0 aromatic carbocycles. The van der Waals surface area contributed by atoms with Gasteiger partial charge in [0.05, 0.1) is 6.61 Å². The van der Waals surface area contributed by atoms with Crippen LogP contribution in [0.4, 0.5) is 0 Å². The Morgan fingerprint density at radius 2 is 2.14 bits per heavy atom. The van der Waals surface area contributed by atoms with E-state index in [9.17, 15) is 0 Å². The Morgan fingerprint density at radius 1 is 1.14 bits per heavy atom. The molecule has 2 aliphatic rings. The van der Waals surface area contributed by atoms with Crippen molar-refractivity contribution < 1.29 is 4.74 Å². The van der Waals surface area contributed by atoms with Crippen molar-refractivity contribution in [1.29, 1.82) is 0 Å². The molecule has 2 saturated heterocycles. The zero-order chi connectivity index (χ0) is 9.64. The topological polar surface area (TPSA) is 24.5 Å². The lowest BCUT2D eigenvalue weighted by Gasteiger charge is -2.29. The number of hydrogen-bond acceptors (Lipinski definition) is 3. The zero-order valence-electron chi connectivity index (χ0n) is 9.00. The lowest BCUT2D eigenvalue weighted by Crippen LogP contribution is -2.44. The minimum absolute atomic E-state index is 0.738. The molecular weight excluding hydrogens is 176 g/mol. The molecule has 14 heavy (non-hydrogen) atoms. The molecule has 3 heteroatoms. The molecule has 1 unspecified atom stereocenters. The van der Waals surface area contributed by atoms with E-state index in [1.165, 1.54) is 45.3 Å². The van der Waals surface area contributed by atoms with Gasteiger partial charge in [0.15, 0.2) is 0 Å². The summed E-state index contributed by atoms with van der Waals surface area (Å²) in [5.74, 6) is 0. The van der Waals surface area contributed by atoms with Crippen LogP contribution in [-0.4, -0.2) is 50.3 Å². The van der Waals surface area contributed by atoms with Crippen LogP contribution in [0.25, 0.3) is 0 Å². The van der Waals surface area contributed by atoms with E-state index in [1.54, 1.807) is 0 Å². The summed E-state index contributed by atoms with van der Waals surface area (Å²) in [6.07, 6.45) is 5.33. The highest BCUT2D eigenvalue weighted by Crippen LogP contribution is 2.09. The van der Waals surface area contributed by atoms with Crippen LogP contribution < -0.4 is 5.32 Å². The quantitative estimate of drug-likeness (QED) is 0.712. The van der Waals surface area contributed by atoms with Gasteiger partial charge < -0.3 is 10.1 Å². The normalized spacial score (nSPS) is 31.3. The van der Waals surface area contributed by atoms with Crippen molar-refractivity contribution in [1.82, 2.24) is 10.2 Å². The third-order valence-electron chi connectivity index (χ3n) is 3.21. The summed E-state index contributed by atoms with van der Waals surface area (Å²) in [7, 11) is 0. The predicted molar refractivity (Wildman–Crippen MR) is 57.5 cm³/mol. The van der Waals surface area contributed by atoms with Gasteiger partial charge in [-0.25, -0.2) is 0 Å². The molecule has 0 radical (unpaired) electrons. The molecule has 2 heterocycles. The number of piperidine rings is 1. The molecule has 0 aromatic rings. The molecule has 0 amide bonds. The first-order valence-corrected chi connectivity index (χ1v) is 5.98. The van der Waals surface area contributed by atoms with Crippen molar-refractivity contribution in [3.05, 3.63) is 0 Å². The Balaban J connectivity index is 1.71. The third-order valence-corrected chi connectivity index (χ3v) is 3.21. The molecule has 2 fully saturated rings. The Morgan fingerprint density at radius 3 is 3.00 bits per heavy atom. The SMILES string of the molecule is C1CCC(CN2CCCOCC2)NC1. The standard InChI is InChI=1S/C11H22N2O/c1-2-5-12-11(4-1)10-13-6-3-8-14-9-7-13/h11-12H,1-10H2. The van der Waals surface area contributed by atoms with E-state index in [0.717, 1.165) is 25.8 Å². The van der Waals surface area contributed by atoms with Gasteiger partial charge in [-0.2, -0.15) is 0 Å². The second-order valence-electron chi connectivity index (χ2n) is 4.41. The van der Waals surface area contributed by atoms with E-state index >= 15 is 0 Å². The Kier molecular flexibility index (Phi) is 4.22. The maximum atomic E-state index is 5.45. The molecule has 2 aliphatic heterocycles. The van der Waals surface area contributed by atoms with Crippen LogP contribution >= 0.6 is 0 Å². The van der Waals surface area contributed by atoms with Gasteiger partial charge in [-0.15, -0.1) is 0 Å². The molecule has 0 aliphatic carbocycles. The van der Waals surface area contributed by atoms with Gasteiger partial charge in [-0.05, 0) is 25.8 Å². The van der Waals surface area contributed by atoms with Crippen molar-refractivity contribution in [2.24, 2.45) is 0 Å². The van der Waals surface area contributed by atoms with Gasteiger partial charge in [-0.1, -0.05) is 6.42 Å². The maximum Gasteiger partial charge on any atom is 0.0593 e. The van der Waals surface area contributed by atoms with Gasteiger partial charge in [0, 0.05) is 32.3 Å². The van der Waals surface area contributed by atoms with Crippen molar-refractivity contribution in [3.8, 4) is 0 Å². The Hall–Kier alpha value is -0.120. The smallest absolute Gasteiger partial charge is 0.0593 e. The van der Waals surface area contributed by atoms with E-state index in [0.29, 0.717) is 0 Å². The van der Waals surface area contributed by atoms with Crippen molar-refractivity contribution in [2.45, 2.75) is 31.7 Å². The molecule has 0 spiro atoms. The largest absolute Gasteiger partial charge is 0.380 e. The fourth-order valence-corrected chi connectivity index (χ4v) is 2.37. The minimum atomic E-state index is 0.738. The van der Waals surface area contributed by atoms with Crippen LogP contribution in [0, 0.1) is 0 Å². The fraction of sp³-hybridized carbons (Fsp3) is 1.00. The summed E-state index contributed by atoms with van der Waals surface area (Å²) in [4.78, 5) is 2.55. The third kappa shape index (κ3) is 3.23. The molecule has 2 rings (SSSR count). The fourth-order valence-electron chi connectivity index (χ4n) is 2.37. The van der Waals surface area contributed by atoms with Crippen LogP contribution in [0.1, 0.15) is 25.7 Å². The van der Waals surface area contributed by atoms with E-state index < -0.39 is 0 Å². The average Bonchev–Trinajstić information content (AvgIpc) is 2.48. The first-order chi connectivity index (χ1) is 6.95. The molecule has 3 nitrogen and oxygen atoms in total. The molecule has 1 N–H and O–H groups in total. The second kappa shape index (κ2) is 5.69. The predicted octanol–water partition coefficient (Wildman–Crippen LogP) is 0.851. The zero-order valence-corrected chi connectivity index (χ0v) is 9.00. The van der Waals surface area contributed by atoms with E-state index in [2.05, 4.69) is 10.2 Å². The summed E-state index contributed by atoms with van der Waals surface area (Å²) >= 11 is 0. The van der Waals surface area contributed by atoms with E-state index in [-0.39, 0.29) is 0 Å². The van der Waals surface area contributed by atoms with Crippen LogP contribution in [0.5, 0.6) is 0 Å². The van der Waals surface area contributed by atoms with Gasteiger partial charge in [0.25, 0.3) is 0 Å². The molecule has 0 bridgehead atoms. The lowest BCUT2D eigenvalue weighted by atomic mass is 10.0. The summed E-state index contributed by atoms with van der Waals surface area (Å²) in [6, 6.07) is 0.738. The maximum absolute atomic E-state index is 5.45. The summed E-state index contributed by atoms with van der Waals surface area (Å²) in [5, 5.41) is 3.60. The number of rotatable bonds is 2. The number of nitrogens with zero attached hydrogens (tertiary/aromatic N) is 1. The molecule has 82 valence electrons. The first kappa shape index (κ1) is 10.4. The highest BCUT2D eigenvalue weighted by molar-refractivity contribution is 4.76. The van der Waals surface area contributed by atoms with Gasteiger partial charge in [-0.3, -0.25) is 4.90 Å². The lowest BCUT2D eigenvalue weighted by molar-refractivity contribution is 0.138. The highest BCUT2D eigenvalue weighted by Gasteiger charge is 2.17. The van der Waals surface area contributed by atoms with Crippen molar-refractivity contribution in [3.63, 3.8) is 0 Å². The van der Waals surface area contributed by atoms with E-state index in [4.69, 9.17) is 4.74 Å². The van der Waals surface area contributed by atoms with Crippen LogP contribution in [0.2, 0.25) is 0 Å². The second-order valence-corrected chi connectivity index (χ2v) is 4.41. The molecule has 0 aromatic heterocycles. The minimum Gasteiger partial charge on any atom is -0.380 e. The Labute approximate surface area is 86.8 Å². The van der Waals surface area contributed by atoms with E-state index in [1.807, 2.05) is 0 Å². The van der Waals surface area contributed by atoms with Gasteiger partial charge in [0.1, 0.15) is 0 Å². The summed E-state index contributed by atoms with van der Waals surface area (Å²) in [6.45, 7) is 6.66. The first-order valence-electron chi connectivity index (χ1n) is 5.98. The van der Waals surface area contributed by atoms with Gasteiger partial charge >= 0.3 is 0 Å². The van der Waals surface area contributed by atoms with Crippen LogP contribution in [0.15, 0.2) is 0 Å². The monoisotopic (exact) mass is 198 g/mol. The van der Waals surface area contributed by atoms with Crippen molar-refractivity contribution >= 4 is 0 Å². The highest BCUT2D eigenvalue weighted by atomic mass is 16.5. The average molecular weight is 198 g/mol. The number of nitrogens with one attached hydrogen (secondary N) is 1. The molecular formula is C11H22N2O. The number of hydrogen-bond donors (Lipinski definition) is 1. The van der Waals surface area contributed by atoms with Crippen LogP contribution in [-0.2, 0) is 4.74 Å². The molecule has 1 atom stereocenters. The number of ether oxygens (including phenoxy) is 1. The summed E-state index contributed by atoms with van der Waals surface area (Å²) in [5.41, 5.74) is 0. The molecule has 0 saturated carbocycles. The summed E-state index contributed by atoms with van der Waals surface area (Å²) < 4.78 is 5.45. The van der Waals surface area contributed by atoms with Gasteiger partial charge in [0.2, 0.25) is 0 Å².